The number of piperidine rings is 1. The van der Waals surface area contributed by atoms with Gasteiger partial charge in [0, 0.05) is 18.8 Å². The van der Waals surface area contributed by atoms with E-state index in [0.29, 0.717) is 30.8 Å². The average molecular weight is 392 g/mol. The van der Waals surface area contributed by atoms with Crippen LogP contribution in [0.5, 0.6) is 5.75 Å². The van der Waals surface area contributed by atoms with Crippen molar-refractivity contribution < 1.29 is 22.3 Å². The van der Waals surface area contributed by atoms with Crippen LogP contribution in [0.25, 0.3) is 0 Å². The first-order chi connectivity index (χ1) is 12.9. The van der Waals surface area contributed by atoms with E-state index < -0.39 is 21.8 Å². The number of rotatable bonds is 5. The molecule has 8 heteroatoms. The monoisotopic (exact) mass is 392 g/mol. The van der Waals surface area contributed by atoms with Crippen molar-refractivity contribution >= 4 is 21.6 Å². The molecule has 144 valence electrons. The fraction of sp³-hybridized carbons (Fsp3) is 0.316. The third-order valence-electron chi connectivity index (χ3n) is 4.54. The number of halogens is 1. The first-order valence-electron chi connectivity index (χ1n) is 8.61. The Morgan fingerprint density at radius 1 is 1.22 bits per heavy atom. The standard InChI is InChI=1S/C19H21FN2O4S/c1-26-17-7-9-18(10-8-17)27(24,25)22-11-3-4-14(13-22)19(23)21-16-6-2-5-15(20)12-16/h2,5-10,12,14H,3-4,11,13H2,1H3,(H,21,23)/t14-/m1/s1. The summed E-state index contributed by atoms with van der Waals surface area (Å²) in [6.07, 6.45) is 1.16. The molecule has 3 rings (SSSR count). The minimum absolute atomic E-state index is 0.0928. The predicted molar refractivity (Wildman–Crippen MR) is 99.5 cm³/mol. The minimum Gasteiger partial charge on any atom is -0.497 e. The molecule has 6 nitrogen and oxygen atoms in total. The molecule has 1 heterocycles. The van der Waals surface area contributed by atoms with Crippen LogP contribution in [0.3, 0.4) is 0 Å². The van der Waals surface area contributed by atoms with Gasteiger partial charge in [-0.05, 0) is 55.3 Å². The fourth-order valence-electron chi connectivity index (χ4n) is 3.08. The summed E-state index contributed by atoms with van der Waals surface area (Å²) in [6.45, 7) is 0.452. The van der Waals surface area contributed by atoms with E-state index in [2.05, 4.69) is 5.32 Å². The van der Waals surface area contributed by atoms with E-state index in [4.69, 9.17) is 4.74 Å². The summed E-state index contributed by atoms with van der Waals surface area (Å²) in [6, 6.07) is 11.8. The van der Waals surface area contributed by atoms with Gasteiger partial charge in [-0.1, -0.05) is 6.07 Å². The maximum absolute atomic E-state index is 13.3. The molecule has 1 aliphatic heterocycles. The normalized spacial score (nSPS) is 18.1. The van der Waals surface area contributed by atoms with Crippen molar-refractivity contribution in [2.24, 2.45) is 5.92 Å². The second kappa shape index (κ2) is 8.06. The summed E-state index contributed by atoms with van der Waals surface area (Å²) in [7, 11) is -2.19. The molecule has 1 amide bonds. The Kier molecular flexibility index (Phi) is 5.76. The number of nitrogens with zero attached hydrogens (tertiary/aromatic N) is 1. The smallest absolute Gasteiger partial charge is 0.243 e. The average Bonchev–Trinajstić information content (AvgIpc) is 2.68. The second-order valence-electron chi connectivity index (χ2n) is 6.38. The highest BCUT2D eigenvalue weighted by atomic mass is 32.2. The van der Waals surface area contributed by atoms with Gasteiger partial charge in [-0.25, -0.2) is 12.8 Å². The van der Waals surface area contributed by atoms with Crippen molar-refractivity contribution in [1.82, 2.24) is 4.31 Å². The van der Waals surface area contributed by atoms with Gasteiger partial charge in [0.25, 0.3) is 0 Å². The van der Waals surface area contributed by atoms with Crippen molar-refractivity contribution in [2.75, 3.05) is 25.5 Å². The second-order valence-corrected chi connectivity index (χ2v) is 8.32. The van der Waals surface area contributed by atoms with Gasteiger partial charge in [-0.3, -0.25) is 4.79 Å². The maximum Gasteiger partial charge on any atom is 0.243 e. The van der Waals surface area contributed by atoms with Gasteiger partial charge in [0.15, 0.2) is 0 Å². The molecular weight excluding hydrogens is 371 g/mol. The third-order valence-corrected chi connectivity index (χ3v) is 6.42. The molecule has 0 aliphatic carbocycles. The molecule has 1 fully saturated rings. The number of anilines is 1. The van der Waals surface area contributed by atoms with E-state index in [9.17, 15) is 17.6 Å². The SMILES string of the molecule is COc1ccc(S(=O)(=O)N2CCC[C@@H](C(=O)Nc3cccc(F)c3)C2)cc1. The van der Waals surface area contributed by atoms with Gasteiger partial charge in [-0.15, -0.1) is 0 Å². The molecule has 2 aromatic carbocycles. The number of nitrogens with one attached hydrogen (secondary N) is 1. The molecule has 2 aromatic rings. The van der Waals surface area contributed by atoms with Crippen LogP contribution in [-0.2, 0) is 14.8 Å². The number of carbonyl (C=O) groups is 1. The van der Waals surface area contributed by atoms with Crippen LogP contribution < -0.4 is 10.1 Å². The zero-order valence-electron chi connectivity index (χ0n) is 14.9. The van der Waals surface area contributed by atoms with Crippen molar-refractivity contribution in [3.8, 4) is 5.75 Å². The molecule has 0 radical (unpaired) electrons. The molecule has 1 aliphatic rings. The van der Waals surface area contributed by atoms with Gasteiger partial charge < -0.3 is 10.1 Å². The maximum atomic E-state index is 13.3. The molecule has 0 bridgehead atoms. The number of hydrogen-bond donors (Lipinski definition) is 1. The van der Waals surface area contributed by atoms with E-state index in [-0.39, 0.29) is 17.3 Å². The van der Waals surface area contributed by atoms with Crippen molar-refractivity contribution in [2.45, 2.75) is 17.7 Å². The molecule has 1 N–H and O–H groups in total. The number of methoxy groups -OCH3 is 1. The lowest BCUT2D eigenvalue weighted by Gasteiger charge is -2.31. The summed E-state index contributed by atoms with van der Waals surface area (Å²) in [5.41, 5.74) is 0.357. The zero-order chi connectivity index (χ0) is 19.4. The highest BCUT2D eigenvalue weighted by molar-refractivity contribution is 7.89. The van der Waals surface area contributed by atoms with Crippen molar-refractivity contribution in [3.63, 3.8) is 0 Å². The van der Waals surface area contributed by atoms with E-state index in [0.717, 1.165) is 0 Å². The number of benzene rings is 2. The molecule has 27 heavy (non-hydrogen) atoms. The van der Waals surface area contributed by atoms with E-state index in [1.807, 2.05) is 0 Å². The lowest BCUT2D eigenvalue weighted by molar-refractivity contribution is -0.120. The van der Waals surface area contributed by atoms with E-state index >= 15 is 0 Å². The first kappa shape index (κ1) is 19.3. The van der Waals surface area contributed by atoms with Crippen LogP contribution in [0.1, 0.15) is 12.8 Å². The zero-order valence-corrected chi connectivity index (χ0v) is 15.7. The number of ether oxygens (including phenoxy) is 1. The quantitative estimate of drug-likeness (QED) is 0.849. The number of sulfonamides is 1. The van der Waals surface area contributed by atoms with Crippen LogP contribution in [0.2, 0.25) is 0 Å². The fourth-order valence-corrected chi connectivity index (χ4v) is 4.61. The summed E-state index contributed by atoms with van der Waals surface area (Å²) in [5.74, 6) is -0.676. The van der Waals surface area contributed by atoms with Gasteiger partial charge in [-0.2, -0.15) is 4.31 Å². The molecular formula is C19H21FN2O4S. The highest BCUT2D eigenvalue weighted by Gasteiger charge is 2.33. The summed E-state index contributed by atoms with van der Waals surface area (Å²) >= 11 is 0. The molecule has 0 aromatic heterocycles. The first-order valence-corrected chi connectivity index (χ1v) is 10.0. The topological polar surface area (TPSA) is 75.7 Å². The molecule has 0 spiro atoms. The summed E-state index contributed by atoms with van der Waals surface area (Å²) < 4.78 is 45.4. The van der Waals surface area contributed by atoms with Gasteiger partial charge in [0.2, 0.25) is 15.9 Å². The van der Waals surface area contributed by atoms with Gasteiger partial charge in [0.05, 0.1) is 17.9 Å². The highest BCUT2D eigenvalue weighted by Crippen LogP contribution is 2.26. The Balaban J connectivity index is 1.71. The van der Waals surface area contributed by atoms with Gasteiger partial charge in [0.1, 0.15) is 11.6 Å². The Morgan fingerprint density at radius 3 is 2.63 bits per heavy atom. The summed E-state index contributed by atoms with van der Waals surface area (Å²) in [4.78, 5) is 12.7. The molecule has 0 unspecified atom stereocenters. The predicted octanol–water partition coefficient (Wildman–Crippen LogP) is 2.87. The van der Waals surface area contributed by atoms with E-state index in [1.54, 1.807) is 18.2 Å². The van der Waals surface area contributed by atoms with E-state index in [1.165, 1.54) is 41.7 Å². The lowest BCUT2D eigenvalue weighted by atomic mass is 9.99. The number of amides is 1. The Labute approximate surface area is 158 Å². The largest absolute Gasteiger partial charge is 0.497 e. The Bertz CT molecular complexity index is 916. The van der Waals surface area contributed by atoms with Crippen LogP contribution in [-0.4, -0.2) is 38.8 Å². The van der Waals surface area contributed by atoms with Crippen LogP contribution >= 0.6 is 0 Å². The molecule has 1 saturated heterocycles. The Morgan fingerprint density at radius 2 is 1.96 bits per heavy atom. The summed E-state index contributed by atoms with van der Waals surface area (Å²) in [5, 5.41) is 2.66. The lowest BCUT2D eigenvalue weighted by Crippen LogP contribution is -2.43. The van der Waals surface area contributed by atoms with Crippen molar-refractivity contribution in [3.05, 3.63) is 54.3 Å². The van der Waals surface area contributed by atoms with Crippen LogP contribution in [0.15, 0.2) is 53.4 Å². The third kappa shape index (κ3) is 4.45. The van der Waals surface area contributed by atoms with Crippen LogP contribution in [0, 0.1) is 11.7 Å². The van der Waals surface area contributed by atoms with Gasteiger partial charge >= 0.3 is 0 Å². The minimum atomic E-state index is -3.70. The Hall–Kier alpha value is -2.45. The van der Waals surface area contributed by atoms with Crippen LogP contribution in [0.4, 0.5) is 10.1 Å². The number of hydrogen-bond acceptors (Lipinski definition) is 4. The molecule has 0 saturated carbocycles. The van der Waals surface area contributed by atoms with Crippen molar-refractivity contribution in [1.29, 1.82) is 0 Å². The number of carbonyl (C=O) groups excluding carboxylic acids is 1. The molecule has 1 atom stereocenters.